The van der Waals surface area contributed by atoms with Gasteiger partial charge in [-0.15, -0.1) is 11.6 Å². The van der Waals surface area contributed by atoms with E-state index < -0.39 is 0 Å². The van der Waals surface area contributed by atoms with Crippen molar-refractivity contribution in [2.24, 2.45) is 0 Å². The van der Waals surface area contributed by atoms with E-state index in [0.29, 0.717) is 15.9 Å². The summed E-state index contributed by atoms with van der Waals surface area (Å²) >= 11 is 18.6. The van der Waals surface area contributed by atoms with Crippen molar-refractivity contribution in [1.82, 2.24) is 14.5 Å². The summed E-state index contributed by atoms with van der Waals surface area (Å²) in [7, 11) is 0. The van der Waals surface area contributed by atoms with Crippen molar-refractivity contribution < 1.29 is 0 Å². The van der Waals surface area contributed by atoms with Gasteiger partial charge in [-0.1, -0.05) is 23.2 Å². The topological polar surface area (TPSA) is 30.7 Å². The predicted octanol–water partition coefficient (Wildman–Crippen LogP) is 5.34. The van der Waals surface area contributed by atoms with Crippen molar-refractivity contribution in [3.63, 3.8) is 0 Å². The average molecular weight is 341 g/mol. The lowest BCUT2D eigenvalue weighted by Gasteiger charge is -2.11. The SMILES string of the molecule is Cc1cnc2c(c1)nc(C(C)Cl)n2-c1ccc(Cl)cc1Cl. The molecule has 0 aliphatic heterocycles. The maximum atomic E-state index is 6.33. The van der Waals surface area contributed by atoms with E-state index in [0.717, 1.165) is 22.4 Å². The Morgan fingerprint density at radius 3 is 2.62 bits per heavy atom. The van der Waals surface area contributed by atoms with E-state index in [1.807, 2.05) is 30.5 Å². The smallest absolute Gasteiger partial charge is 0.164 e. The quantitative estimate of drug-likeness (QED) is 0.590. The Balaban J connectivity index is 2.36. The first-order valence-corrected chi connectivity index (χ1v) is 7.61. The van der Waals surface area contributed by atoms with Gasteiger partial charge in [0.1, 0.15) is 11.3 Å². The molecule has 0 saturated heterocycles. The van der Waals surface area contributed by atoms with Gasteiger partial charge in [-0.05, 0) is 43.7 Å². The van der Waals surface area contributed by atoms with E-state index in [4.69, 9.17) is 34.8 Å². The molecule has 3 rings (SSSR count). The second kappa shape index (κ2) is 5.48. The maximum Gasteiger partial charge on any atom is 0.164 e. The molecule has 1 aromatic carbocycles. The zero-order valence-corrected chi connectivity index (χ0v) is 13.7. The van der Waals surface area contributed by atoms with Crippen LogP contribution < -0.4 is 0 Å². The zero-order valence-electron chi connectivity index (χ0n) is 11.4. The molecule has 1 atom stereocenters. The number of fused-ring (bicyclic) bond motifs is 1. The summed E-state index contributed by atoms with van der Waals surface area (Å²) in [6.07, 6.45) is 1.80. The Kier molecular flexibility index (Phi) is 3.82. The van der Waals surface area contributed by atoms with Crippen molar-refractivity contribution in [1.29, 1.82) is 0 Å². The highest BCUT2D eigenvalue weighted by molar-refractivity contribution is 6.35. The van der Waals surface area contributed by atoms with Crippen molar-refractivity contribution in [2.45, 2.75) is 19.2 Å². The third kappa shape index (κ3) is 2.61. The van der Waals surface area contributed by atoms with E-state index in [-0.39, 0.29) is 5.38 Å². The number of nitrogens with zero attached hydrogens (tertiary/aromatic N) is 3. The van der Waals surface area contributed by atoms with Gasteiger partial charge in [0.25, 0.3) is 0 Å². The summed E-state index contributed by atoms with van der Waals surface area (Å²) < 4.78 is 1.88. The number of aryl methyl sites for hydroxylation is 1. The first-order chi connectivity index (χ1) is 9.97. The van der Waals surface area contributed by atoms with Gasteiger partial charge in [0, 0.05) is 11.2 Å². The number of imidazole rings is 1. The fraction of sp³-hybridized carbons (Fsp3) is 0.200. The molecule has 6 heteroatoms. The van der Waals surface area contributed by atoms with Gasteiger partial charge in [-0.3, -0.25) is 4.57 Å². The molecule has 1 unspecified atom stereocenters. The molecule has 2 aromatic heterocycles. The molecule has 0 N–H and O–H groups in total. The molecular weight excluding hydrogens is 329 g/mol. The predicted molar refractivity (Wildman–Crippen MR) is 87.9 cm³/mol. The molecule has 3 nitrogen and oxygen atoms in total. The van der Waals surface area contributed by atoms with Gasteiger partial charge in [0.05, 0.1) is 16.1 Å². The first kappa shape index (κ1) is 14.6. The van der Waals surface area contributed by atoms with E-state index in [1.165, 1.54) is 0 Å². The van der Waals surface area contributed by atoms with E-state index in [9.17, 15) is 0 Å². The number of rotatable bonds is 2. The molecule has 0 aliphatic carbocycles. The Bertz CT molecular complexity index is 824. The van der Waals surface area contributed by atoms with Gasteiger partial charge in [0.15, 0.2) is 5.65 Å². The van der Waals surface area contributed by atoms with Crippen LogP contribution in [0.25, 0.3) is 16.9 Å². The molecular formula is C15H12Cl3N3. The number of benzene rings is 1. The largest absolute Gasteiger partial charge is 0.278 e. The molecule has 0 radical (unpaired) electrons. The number of hydrogen-bond acceptors (Lipinski definition) is 2. The number of halogens is 3. The maximum absolute atomic E-state index is 6.33. The minimum absolute atomic E-state index is 0.272. The summed E-state index contributed by atoms with van der Waals surface area (Å²) in [5.74, 6) is 0.703. The lowest BCUT2D eigenvalue weighted by atomic mass is 10.3. The Hall–Kier alpha value is -1.29. The molecule has 0 bridgehead atoms. The zero-order chi connectivity index (χ0) is 15.1. The number of alkyl halides is 1. The van der Waals surface area contributed by atoms with E-state index >= 15 is 0 Å². The molecule has 108 valence electrons. The lowest BCUT2D eigenvalue weighted by Crippen LogP contribution is -2.03. The summed E-state index contributed by atoms with van der Waals surface area (Å²) in [5, 5.41) is 0.839. The molecule has 0 amide bonds. The molecule has 21 heavy (non-hydrogen) atoms. The highest BCUT2D eigenvalue weighted by Crippen LogP contribution is 2.32. The highest BCUT2D eigenvalue weighted by Gasteiger charge is 2.19. The monoisotopic (exact) mass is 339 g/mol. The van der Waals surface area contributed by atoms with Crippen LogP contribution in [0.15, 0.2) is 30.5 Å². The molecule has 0 fully saturated rings. The Labute approximate surface area is 137 Å². The van der Waals surface area contributed by atoms with Gasteiger partial charge in [-0.25, -0.2) is 9.97 Å². The molecule has 2 heterocycles. The number of hydrogen-bond donors (Lipinski definition) is 0. The molecule has 3 aromatic rings. The Morgan fingerprint density at radius 2 is 1.95 bits per heavy atom. The number of aromatic nitrogens is 3. The third-order valence-electron chi connectivity index (χ3n) is 3.17. The highest BCUT2D eigenvalue weighted by atomic mass is 35.5. The van der Waals surface area contributed by atoms with Gasteiger partial charge in [0.2, 0.25) is 0 Å². The first-order valence-electron chi connectivity index (χ1n) is 6.42. The van der Waals surface area contributed by atoms with Crippen molar-refractivity contribution >= 4 is 46.0 Å². The second-order valence-electron chi connectivity index (χ2n) is 4.87. The minimum atomic E-state index is -0.272. The summed E-state index contributed by atoms with van der Waals surface area (Å²) in [4.78, 5) is 9.06. The average Bonchev–Trinajstić information content (AvgIpc) is 2.77. The fourth-order valence-corrected chi connectivity index (χ4v) is 2.89. The molecule has 0 saturated carbocycles. The Morgan fingerprint density at radius 1 is 1.19 bits per heavy atom. The van der Waals surface area contributed by atoms with Crippen LogP contribution in [0.1, 0.15) is 23.7 Å². The fourth-order valence-electron chi connectivity index (χ4n) is 2.25. The number of pyridine rings is 1. The summed E-state index contributed by atoms with van der Waals surface area (Å²) in [6.45, 7) is 3.85. The van der Waals surface area contributed by atoms with Crippen LogP contribution in [0.3, 0.4) is 0 Å². The molecule has 0 aliphatic rings. The second-order valence-corrected chi connectivity index (χ2v) is 6.37. The van der Waals surface area contributed by atoms with Crippen LogP contribution in [0.2, 0.25) is 10.0 Å². The third-order valence-corrected chi connectivity index (χ3v) is 3.90. The van der Waals surface area contributed by atoms with Crippen LogP contribution in [-0.2, 0) is 0 Å². The summed E-state index contributed by atoms with van der Waals surface area (Å²) in [6, 6.07) is 7.30. The van der Waals surface area contributed by atoms with Gasteiger partial charge in [-0.2, -0.15) is 0 Å². The van der Waals surface area contributed by atoms with Crippen LogP contribution in [0.4, 0.5) is 0 Å². The minimum Gasteiger partial charge on any atom is -0.278 e. The van der Waals surface area contributed by atoms with E-state index in [1.54, 1.807) is 18.3 Å². The van der Waals surface area contributed by atoms with Crippen molar-refractivity contribution in [2.75, 3.05) is 0 Å². The van der Waals surface area contributed by atoms with Gasteiger partial charge >= 0.3 is 0 Å². The normalized spacial score (nSPS) is 12.8. The van der Waals surface area contributed by atoms with Crippen LogP contribution >= 0.6 is 34.8 Å². The lowest BCUT2D eigenvalue weighted by molar-refractivity contribution is 0.877. The van der Waals surface area contributed by atoms with Gasteiger partial charge < -0.3 is 0 Å². The van der Waals surface area contributed by atoms with Crippen LogP contribution in [-0.4, -0.2) is 14.5 Å². The van der Waals surface area contributed by atoms with Crippen LogP contribution in [0, 0.1) is 6.92 Å². The van der Waals surface area contributed by atoms with Crippen molar-refractivity contribution in [3.8, 4) is 5.69 Å². The van der Waals surface area contributed by atoms with Crippen molar-refractivity contribution in [3.05, 3.63) is 51.9 Å². The van der Waals surface area contributed by atoms with Crippen LogP contribution in [0.5, 0.6) is 0 Å². The standard InChI is InChI=1S/C15H12Cl3N3/c1-8-5-12-15(19-7-8)21(14(20-12)9(2)16)13-4-3-10(17)6-11(13)18/h3-7,9H,1-2H3. The molecule has 0 spiro atoms. The van der Waals surface area contributed by atoms with E-state index in [2.05, 4.69) is 9.97 Å². The summed E-state index contributed by atoms with van der Waals surface area (Å²) in [5.41, 5.74) is 3.33.